The average Bonchev–Trinajstić information content (AvgIpc) is 2.40. The Kier molecular flexibility index (Phi) is 8.08. The maximum atomic E-state index is 3.77. The van der Waals surface area contributed by atoms with Crippen molar-refractivity contribution in [2.75, 3.05) is 6.54 Å². The van der Waals surface area contributed by atoms with Gasteiger partial charge in [0.2, 0.25) is 0 Å². The lowest BCUT2D eigenvalue weighted by molar-refractivity contribution is 0.483. The minimum Gasteiger partial charge on any atom is -0.310 e. The smallest absolute Gasteiger partial charge is 0.0320 e. The topological polar surface area (TPSA) is 12.0 Å². The molecule has 0 amide bonds. The molecule has 1 N–H and O–H groups in total. The van der Waals surface area contributed by atoms with Crippen molar-refractivity contribution in [1.29, 1.82) is 0 Å². The van der Waals surface area contributed by atoms with Crippen molar-refractivity contribution < 1.29 is 0 Å². The Labute approximate surface area is 126 Å². The summed E-state index contributed by atoms with van der Waals surface area (Å²) in [5, 5.41) is 3.60. The molecular formula is C17H26BrN. The molecule has 0 saturated carbocycles. The van der Waals surface area contributed by atoms with Crippen LogP contribution in [-0.2, 0) is 0 Å². The molecule has 1 aromatic rings. The number of benzene rings is 1. The molecule has 1 rings (SSSR count). The van der Waals surface area contributed by atoms with Crippen LogP contribution in [0.15, 0.2) is 35.3 Å². The lowest BCUT2D eigenvalue weighted by Gasteiger charge is -2.19. The van der Waals surface area contributed by atoms with E-state index in [4.69, 9.17) is 0 Å². The van der Waals surface area contributed by atoms with E-state index < -0.39 is 0 Å². The Morgan fingerprint density at radius 3 is 2.74 bits per heavy atom. The van der Waals surface area contributed by atoms with Gasteiger partial charge >= 0.3 is 0 Å². The predicted octanol–water partition coefficient (Wildman–Crippen LogP) is 5.54. The summed E-state index contributed by atoms with van der Waals surface area (Å²) in [6.07, 6.45) is 8.21. The standard InChI is InChI=1S/C17H26BrN/c1-4-6-7-8-9-10-17(19-5-2)15-11-12-16(18)14(3)13-15/h4,11-13,17,19H,1,5-10H2,2-3H3. The minimum absolute atomic E-state index is 0.487. The molecule has 0 radical (unpaired) electrons. The van der Waals surface area contributed by atoms with Crippen LogP contribution in [0.2, 0.25) is 0 Å². The first-order valence-corrected chi connectivity index (χ1v) is 8.08. The average molecular weight is 324 g/mol. The van der Waals surface area contributed by atoms with Crippen molar-refractivity contribution in [1.82, 2.24) is 5.32 Å². The fraction of sp³-hybridized carbons (Fsp3) is 0.529. The second-order valence-electron chi connectivity index (χ2n) is 5.05. The molecule has 0 heterocycles. The fourth-order valence-corrected chi connectivity index (χ4v) is 2.58. The molecule has 1 unspecified atom stereocenters. The number of aryl methyl sites for hydroxylation is 1. The monoisotopic (exact) mass is 323 g/mol. The number of halogens is 1. The van der Waals surface area contributed by atoms with E-state index in [1.165, 1.54) is 41.3 Å². The van der Waals surface area contributed by atoms with Crippen molar-refractivity contribution in [2.45, 2.75) is 52.0 Å². The van der Waals surface area contributed by atoms with Crippen LogP contribution in [0, 0.1) is 6.92 Å². The lowest BCUT2D eigenvalue weighted by atomic mass is 9.98. The Balaban J connectivity index is 2.55. The Hall–Kier alpha value is -0.600. The third kappa shape index (κ3) is 5.92. The van der Waals surface area contributed by atoms with Crippen LogP contribution >= 0.6 is 15.9 Å². The van der Waals surface area contributed by atoms with Crippen LogP contribution in [0.1, 0.15) is 56.2 Å². The molecule has 2 heteroatoms. The van der Waals surface area contributed by atoms with Gasteiger partial charge in [0.25, 0.3) is 0 Å². The molecule has 0 fully saturated rings. The predicted molar refractivity (Wildman–Crippen MR) is 88.6 cm³/mol. The molecular weight excluding hydrogens is 298 g/mol. The largest absolute Gasteiger partial charge is 0.310 e. The van der Waals surface area contributed by atoms with E-state index in [2.05, 4.69) is 59.9 Å². The summed E-state index contributed by atoms with van der Waals surface area (Å²) < 4.78 is 1.19. The van der Waals surface area contributed by atoms with E-state index in [1.54, 1.807) is 0 Å². The number of nitrogens with one attached hydrogen (secondary N) is 1. The second kappa shape index (κ2) is 9.33. The van der Waals surface area contributed by atoms with Crippen LogP contribution in [0.3, 0.4) is 0 Å². The molecule has 0 saturated heterocycles. The van der Waals surface area contributed by atoms with Gasteiger partial charge in [-0.2, -0.15) is 0 Å². The van der Waals surface area contributed by atoms with Crippen LogP contribution in [0.5, 0.6) is 0 Å². The molecule has 0 aliphatic rings. The number of hydrogen-bond acceptors (Lipinski definition) is 1. The van der Waals surface area contributed by atoms with E-state index in [-0.39, 0.29) is 0 Å². The van der Waals surface area contributed by atoms with Crippen molar-refractivity contribution in [3.63, 3.8) is 0 Å². The maximum absolute atomic E-state index is 3.77. The van der Waals surface area contributed by atoms with Gasteiger partial charge in [-0.3, -0.25) is 0 Å². The Morgan fingerprint density at radius 2 is 2.11 bits per heavy atom. The lowest BCUT2D eigenvalue weighted by Crippen LogP contribution is -2.21. The van der Waals surface area contributed by atoms with Crippen LogP contribution in [0.25, 0.3) is 0 Å². The highest BCUT2D eigenvalue weighted by atomic mass is 79.9. The van der Waals surface area contributed by atoms with Crippen molar-refractivity contribution in [2.24, 2.45) is 0 Å². The van der Waals surface area contributed by atoms with Gasteiger partial charge in [0.15, 0.2) is 0 Å². The highest BCUT2D eigenvalue weighted by Gasteiger charge is 2.10. The summed E-state index contributed by atoms with van der Waals surface area (Å²) in [4.78, 5) is 0. The zero-order chi connectivity index (χ0) is 14.1. The van der Waals surface area contributed by atoms with Crippen LogP contribution in [-0.4, -0.2) is 6.54 Å². The number of rotatable bonds is 9. The molecule has 0 bridgehead atoms. The van der Waals surface area contributed by atoms with Gasteiger partial charge < -0.3 is 5.32 Å². The number of hydrogen-bond donors (Lipinski definition) is 1. The van der Waals surface area contributed by atoms with Crippen molar-refractivity contribution in [3.05, 3.63) is 46.5 Å². The SMILES string of the molecule is C=CCCCCCC(NCC)c1ccc(Br)c(C)c1. The number of unbranched alkanes of at least 4 members (excludes halogenated alkanes) is 3. The Morgan fingerprint density at radius 1 is 1.32 bits per heavy atom. The molecule has 1 aromatic carbocycles. The molecule has 0 aromatic heterocycles. The van der Waals surface area contributed by atoms with Gasteiger partial charge in [0.05, 0.1) is 0 Å². The van der Waals surface area contributed by atoms with E-state index >= 15 is 0 Å². The first-order chi connectivity index (χ1) is 9.19. The molecule has 106 valence electrons. The van der Waals surface area contributed by atoms with E-state index in [0.29, 0.717) is 6.04 Å². The van der Waals surface area contributed by atoms with Crippen LogP contribution < -0.4 is 5.32 Å². The van der Waals surface area contributed by atoms with Gasteiger partial charge in [-0.15, -0.1) is 6.58 Å². The van der Waals surface area contributed by atoms with Crippen molar-refractivity contribution in [3.8, 4) is 0 Å². The summed E-state index contributed by atoms with van der Waals surface area (Å²) in [6.45, 7) is 9.12. The van der Waals surface area contributed by atoms with E-state index in [1.807, 2.05) is 6.08 Å². The first kappa shape index (κ1) is 16.5. The molecule has 0 spiro atoms. The van der Waals surface area contributed by atoms with Gasteiger partial charge in [-0.05, 0) is 49.9 Å². The second-order valence-corrected chi connectivity index (χ2v) is 5.90. The summed E-state index contributed by atoms with van der Waals surface area (Å²) in [5.74, 6) is 0. The third-order valence-corrected chi connectivity index (χ3v) is 4.33. The first-order valence-electron chi connectivity index (χ1n) is 7.29. The normalized spacial score (nSPS) is 12.4. The minimum atomic E-state index is 0.487. The zero-order valence-electron chi connectivity index (χ0n) is 12.2. The van der Waals surface area contributed by atoms with Crippen molar-refractivity contribution >= 4 is 15.9 Å². The summed E-state index contributed by atoms with van der Waals surface area (Å²) in [5.41, 5.74) is 2.72. The maximum Gasteiger partial charge on any atom is 0.0320 e. The summed E-state index contributed by atoms with van der Waals surface area (Å²) in [7, 11) is 0. The van der Waals surface area contributed by atoms with Gasteiger partial charge in [0.1, 0.15) is 0 Å². The molecule has 0 aliphatic carbocycles. The molecule has 19 heavy (non-hydrogen) atoms. The quantitative estimate of drug-likeness (QED) is 0.464. The number of allylic oxidation sites excluding steroid dienone is 1. The highest BCUT2D eigenvalue weighted by Crippen LogP contribution is 2.24. The van der Waals surface area contributed by atoms with E-state index in [9.17, 15) is 0 Å². The van der Waals surface area contributed by atoms with Gasteiger partial charge in [-0.25, -0.2) is 0 Å². The Bertz CT molecular complexity index is 387. The molecule has 0 aliphatic heterocycles. The highest BCUT2D eigenvalue weighted by molar-refractivity contribution is 9.10. The fourth-order valence-electron chi connectivity index (χ4n) is 2.33. The molecule has 1 nitrogen and oxygen atoms in total. The van der Waals surface area contributed by atoms with Gasteiger partial charge in [0, 0.05) is 10.5 Å². The van der Waals surface area contributed by atoms with E-state index in [0.717, 1.165) is 13.0 Å². The third-order valence-electron chi connectivity index (χ3n) is 3.44. The summed E-state index contributed by atoms with van der Waals surface area (Å²) in [6, 6.07) is 7.17. The summed E-state index contributed by atoms with van der Waals surface area (Å²) >= 11 is 3.57. The zero-order valence-corrected chi connectivity index (χ0v) is 13.8. The van der Waals surface area contributed by atoms with Crippen LogP contribution in [0.4, 0.5) is 0 Å². The van der Waals surface area contributed by atoms with Gasteiger partial charge in [-0.1, -0.05) is 53.9 Å². The molecule has 1 atom stereocenters.